The summed E-state index contributed by atoms with van der Waals surface area (Å²) in [5.74, 6) is 1.08. The molecule has 1 fully saturated rings. The Kier molecular flexibility index (Phi) is 7.20. The minimum Gasteiger partial charge on any atom is -0.497 e. The van der Waals surface area contributed by atoms with E-state index >= 15 is 0 Å². The van der Waals surface area contributed by atoms with E-state index in [2.05, 4.69) is 4.98 Å². The SMILES string of the molecule is COc1ccc(S(=O)(=O)N2CCC3(CC2)CN(C(=O)c2cccnc2)[C@@H](CO)c2c3c3ccc(OC)cc3n2C)cc1. The number of carbonyl (C=O) groups excluding carboxylic acids is 1. The Morgan fingerprint density at radius 1 is 1.05 bits per heavy atom. The summed E-state index contributed by atoms with van der Waals surface area (Å²) in [5.41, 5.74) is 2.77. The Bertz CT molecular complexity index is 1730. The van der Waals surface area contributed by atoms with Crippen LogP contribution >= 0.6 is 0 Å². The zero-order valence-electron chi connectivity index (χ0n) is 23.9. The van der Waals surface area contributed by atoms with Crippen LogP contribution in [0.5, 0.6) is 11.5 Å². The first-order chi connectivity index (χ1) is 20.2. The molecule has 0 unspecified atom stereocenters. The van der Waals surface area contributed by atoms with Gasteiger partial charge in [0.1, 0.15) is 11.5 Å². The van der Waals surface area contributed by atoms with Gasteiger partial charge in [-0.2, -0.15) is 4.31 Å². The Morgan fingerprint density at radius 3 is 2.36 bits per heavy atom. The van der Waals surface area contributed by atoms with Crippen molar-refractivity contribution in [3.8, 4) is 11.5 Å². The van der Waals surface area contributed by atoms with Gasteiger partial charge in [-0.15, -0.1) is 0 Å². The topological polar surface area (TPSA) is 114 Å². The number of aliphatic hydroxyl groups is 1. The third-order valence-electron chi connectivity index (χ3n) is 8.87. The average molecular weight is 591 g/mol. The van der Waals surface area contributed by atoms with E-state index < -0.39 is 21.5 Å². The smallest absolute Gasteiger partial charge is 0.256 e. The number of ether oxygens (including phenoxy) is 2. The van der Waals surface area contributed by atoms with E-state index in [4.69, 9.17) is 9.47 Å². The number of hydrogen-bond donors (Lipinski definition) is 1. The lowest BCUT2D eigenvalue weighted by Gasteiger charge is -2.50. The van der Waals surface area contributed by atoms with Gasteiger partial charge in [0.25, 0.3) is 5.91 Å². The Morgan fingerprint density at radius 2 is 1.74 bits per heavy atom. The molecule has 6 rings (SSSR count). The van der Waals surface area contributed by atoms with Gasteiger partial charge in [-0.05, 0) is 66.9 Å². The summed E-state index contributed by atoms with van der Waals surface area (Å²) in [6.45, 7) is 0.674. The van der Waals surface area contributed by atoms with E-state index in [9.17, 15) is 18.3 Å². The van der Waals surface area contributed by atoms with Crippen LogP contribution in [0.3, 0.4) is 0 Å². The van der Waals surface area contributed by atoms with Gasteiger partial charge in [0, 0.05) is 61.6 Å². The molecular weight excluding hydrogens is 556 g/mol. The number of rotatable bonds is 6. The van der Waals surface area contributed by atoms with Crippen LogP contribution in [0.15, 0.2) is 71.9 Å². The van der Waals surface area contributed by atoms with Crippen LogP contribution in [0.1, 0.15) is 40.5 Å². The number of aromatic nitrogens is 2. The van der Waals surface area contributed by atoms with Gasteiger partial charge < -0.3 is 24.0 Å². The number of piperidine rings is 1. The molecule has 42 heavy (non-hydrogen) atoms. The van der Waals surface area contributed by atoms with Gasteiger partial charge in [0.2, 0.25) is 10.0 Å². The molecule has 2 aliphatic rings. The first-order valence-corrected chi connectivity index (χ1v) is 15.3. The number of fused-ring (bicyclic) bond motifs is 4. The van der Waals surface area contributed by atoms with Crippen molar-refractivity contribution >= 4 is 26.8 Å². The summed E-state index contributed by atoms with van der Waals surface area (Å²) in [4.78, 5) is 20.0. The van der Waals surface area contributed by atoms with E-state index in [0.29, 0.717) is 49.5 Å². The molecule has 4 aromatic rings. The summed E-state index contributed by atoms with van der Waals surface area (Å²) in [6, 6.07) is 15.2. The van der Waals surface area contributed by atoms with E-state index in [1.165, 1.54) is 10.5 Å². The van der Waals surface area contributed by atoms with Crippen LogP contribution in [0.2, 0.25) is 0 Å². The minimum atomic E-state index is -3.73. The monoisotopic (exact) mass is 590 g/mol. The predicted molar refractivity (Wildman–Crippen MR) is 157 cm³/mol. The van der Waals surface area contributed by atoms with Crippen LogP contribution in [0, 0.1) is 0 Å². The Balaban J connectivity index is 1.44. The van der Waals surface area contributed by atoms with Crippen molar-refractivity contribution in [2.75, 3.05) is 40.5 Å². The van der Waals surface area contributed by atoms with Crippen molar-refractivity contribution in [1.29, 1.82) is 0 Å². The third kappa shape index (κ3) is 4.43. The maximum absolute atomic E-state index is 13.9. The fourth-order valence-electron chi connectivity index (χ4n) is 6.69. The van der Waals surface area contributed by atoms with Crippen molar-refractivity contribution in [2.45, 2.75) is 29.2 Å². The number of nitrogens with zero attached hydrogens (tertiary/aromatic N) is 4. The highest BCUT2D eigenvalue weighted by Crippen LogP contribution is 2.50. The maximum Gasteiger partial charge on any atom is 0.256 e. The summed E-state index contributed by atoms with van der Waals surface area (Å²) < 4.78 is 41.5. The fourth-order valence-corrected chi connectivity index (χ4v) is 8.13. The first-order valence-electron chi connectivity index (χ1n) is 13.9. The second-order valence-electron chi connectivity index (χ2n) is 10.9. The molecule has 0 aliphatic carbocycles. The second-order valence-corrected chi connectivity index (χ2v) is 12.9. The van der Waals surface area contributed by atoms with Crippen molar-refractivity contribution in [3.63, 3.8) is 0 Å². The van der Waals surface area contributed by atoms with E-state index in [-0.39, 0.29) is 17.4 Å². The Labute approximate surface area is 245 Å². The minimum absolute atomic E-state index is 0.217. The number of carbonyl (C=O) groups is 1. The van der Waals surface area contributed by atoms with Crippen molar-refractivity contribution in [1.82, 2.24) is 18.8 Å². The number of pyridine rings is 1. The van der Waals surface area contributed by atoms with Crippen LogP contribution in [-0.2, 0) is 22.5 Å². The molecule has 1 atom stereocenters. The summed E-state index contributed by atoms with van der Waals surface area (Å²) in [6.07, 6.45) is 4.17. The molecule has 220 valence electrons. The number of benzene rings is 2. The second kappa shape index (κ2) is 10.7. The number of aryl methyl sites for hydroxylation is 1. The lowest BCUT2D eigenvalue weighted by molar-refractivity contribution is 0.0378. The van der Waals surface area contributed by atoms with Gasteiger partial charge >= 0.3 is 0 Å². The predicted octanol–water partition coefficient (Wildman–Crippen LogP) is 3.50. The molecule has 2 aliphatic heterocycles. The fraction of sp³-hybridized carbons (Fsp3) is 0.355. The van der Waals surface area contributed by atoms with Crippen LogP contribution < -0.4 is 9.47 Å². The van der Waals surface area contributed by atoms with Crippen LogP contribution in [0.25, 0.3) is 10.9 Å². The van der Waals surface area contributed by atoms with Gasteiger partial charge in [-0.3, -0.25) is 9.78 Å². The molecule has 0 bridgehead atoms. The molecule has 4 heterocycles. The molecule has 11 heteroatoms. The van der Waals surface area contributed by atoms with E-state index in [0.717, 1.165) is 22.2 Å². The lowest BCUT2D eigenvalue weighted by atomic mass is 9.68. The molecule has 0 radical (unpaired) electrons. The molecule has 10 nitrogen and oxygen atoms in total. The summed E-state index contributed by atoms with van der Waals surface area (Å²) in [5, 5.41) is 11.7. The molecule has 1 spiro atoms. The highest BCUT2D eigenvalue weighted by atomic mass is 32.2. The average Bonchev–Trinajstić information content (AvgIpc) is 3.33. The quantitative estimate of drug-likeness (QED) is 0.366. The molecular formula is C31H34N4O6S. The largest absolute Gasteiger partial charge is 0.497 e. The molecule has 1 saturated heterocycles. The van der Waals surface area contributed by atoms with Gasteiger partial charge in [0.05, 0.1) is 42.8 Å². The van der Waals surface area contributed by atoms with E-state index in [1.807, 2.05) is 29.8 Å². The number of amides is 1. The molecule has 2 aromatic carbocycles. The van der Waals surface area contributed by atoms with Crippen LogP contribution in [0.4, 0.5) is 0 Å². The van der Waals surface area contributed by atoms with Gasteiger partial charge in [-0.1, -0.05) is 0 Å². The molecule has 2 aromatic heterocycles. The number of aliphatic hydroxyl groups excluding tert-OH is 1. The summed E-state index contributed by atoms with van der Waals surface area (Å²) >= 11 is 0. The van der Waals surface area contributed by atoms with Crippen LogP contribution in [-0.4, -0.2) is 78.6 Å². The highest BCUT2D eigenvalue weighted by molar-refractivity contribution is 7.89. The molecule has 1 N–H and O–H groups in total. The number of sulfonamides is 1. The molecule has 1 amide bonds. The van der Waals surface area contributed by atoms with Gasteiger partial charge in [-0.25, -0.2) is 8.42 Å². The number of methoxy groups -OCH3 is 2. The summed E-state index contributed by atoms with van der Waals surface area (Å²) in [7, 11) is 1.38. The zero-order chi connectivity index (χ0) is 29.6. The normalized spacial score (nSPS) is 18.7. The lowest BCUT2D eigenvalue weighted by Crippen LogP contribution is -2.56. The molecule has 0 saturated carbocycles. The van der Waals surface area contributed by atoms with Gasteiger partial charge in [0.15, 0.2) is 0 Å². The van der Waals surface area contributed by atoms with E-state index in [1.54, 1.807) is 61.7 Å². The van der Waals surface area contributed by atoms with Crippen molar-refractivity contribution in [3.05, 3.63) is 83.8 Å². The highest BCUT2D eigenvalue weighted by Gasteiger charge is 2.50. The third-order valence-corrected chi connectivity index (χ3v) is 10.8. The standard InChI is InChI=1S/C31H34N4O6S/c1-33-26-17-23(41-3)8-11-25(26)28-29(33)27(19-36)35(30(37)21-5-4-14-32-18-21)20-31(28)12-15-34(16-13-31)42(38,39)24-9-6-22(40-2)7-10-24/h4-11,14,17-18,27,36H,12-13,15-16,19-20H2,1-3H3/t27-/m0/s1. The Hall–Kier alpha value is -3.93. The van der Waals surface area contributed by atoms with Crippen molar-refractivity contribution in [2.24, 2.45) is 7.05 Å². The maximum atomic E-state index is 13.9. The first kappa shape index (κ1) is 28.2. The number of hydrogen-bond acceptors (Lipinski definition) is 7. The zero-order valence-corrected chi connectivity index (χ0v) is 24.7. The van der Waals surface area contributed by atoms with Crippen molar-refractivity contribution < 1.29 is 27.8 Å².